The van der Waals surface area contributed by atoms with Gasteiger partial charge in [-0.05, 0) is 36.6 Å². The highest BCUT2D eigenvalue weighted by Gasteiger charge is 2.19. The Morgan fingerprint density at radius 2 is 1.83 bits per heavy atom. The van der Waals surface area contributed by atoms with Crippen molar-refractivity contribution in [2.75, 3.05) is 43.2 Å². The maximum atomic E-state index is 12.6. The number of sulfonamides is 1. The van der Waals surface area contributed by atoms with Gasteiger partial charge >= 0.3 is 0 Å². The van der Waals surface area contributed by atoms with Crippen LogP contribution in [0.15, 0.2) is 47.5 Å². The molecule has 0 spiro atoms. The third-order valence-corrected chi connectivity index (χ3v) is 6.99. The first-order chi connectivity index (χ1) is 14.4. The molecule has 8 heteroatoms. The molecule has 0 unspecified atom stereocenters. The Morgan fingerprint density at radius 3 is 2.47 bits per heavy atom. The van der Waals surface area contributed by atoms with Crippen molar-refractivity contribution in [2.45, 2.75) is 44.2 Å². The number of aromatic nitrogens is 1. The summed E-state index contributed by atoms with van der Waals surface area (Å²) in [4.78, 5) is 8.99. The summed E-state index contributed by atoms with van der Waals surface area (Å²) in [6.07, 6.45) is 2.95. The van der Waals surface area contributed by atoms with E-state index in [4.69, 9.17) is 4.74 Å². The maximum Gasteiger partial charge on any atom is 0.242 e. The zero-order valence-electron chi connectivity index (χ0n) is 18.0. The Kier molecular flexibility index (Phi) is 7.69. The molecule has 1 aliphatic rings. The Labute approximate surface area is 180 Å². The van der Waals surface area contributed by atoms with Gasteiger partial charge < -0.3 is 14.5 Å². The number of nitrogens with one attached hydrogen (secondary N) is 1. The number of para-hydroxylation sites is 1. The highest BCUT2D eigenvalue weighted by Crippen LogP contribution is 2.24. The van der Waals surface area contributed by atoms with Crippen molar-refractivity contribution in [1.29, 1.82) is 0 Å². The molecule has 1 N–H and O–H groups in total. The third kappa shape index (κ3) is 5.50. The predicted molar refractivity (Wildman–Crippen MR) is 121 cm³/mol. The lowest BCUT2D eigenvalue weighted by atomic mass is 10.1. The lowest BCUT2D eigenvalue weighted by Gasteiger charge is -2.31. The maximum absolute atomic E-state index is 12.6. The summed E-state index contributed by atoms with van der Waals surface area (Å²) < 4.78 is 33.4. The zero-order valence-corrected chi connectivity index (χ0v) is 18.9. The van der Waals surface area contributed by atoms with E-state index in [1.54, 1.807) is 12.1 Å². The molecule has 30 heavy (non-hydrogen) atoms. The fourth-order valence-electron chi connectivity index (χ4n) is 3.59. The molecule has 1 saturated heterocycles. The van der Waals surface area contributed by atoms with Crippen molar-refractivity contribution in [1.82, 2.24) is 9.71 Å². The van der Waals surface area contributed by atoms with Crippen LogP contribution in [-0.4, -0.2) is 52.8 Å². The van der Waals surface area contributed by atoms with E-state index in [0.29, 0.717) is 6.54 Å². The summed E-state index contributed by atoms with van der Waals surface area (Å²) >= 11 is 0. The molecule has 1 aromatic heterocycles. The first kappa shape index (κ1) is 22.5. The number of ether oxygens (including phenoxy) is 1. The predicted octanol–water partition coefficient (Wildman–Crippen LogP) is 3.02. The number of pyridine rings is 1. The molecule has 3 rings (SSSR count). The number of anilines is 2. The van der Waals surface area contributed by atoms with E-state index < -0.39 is 10.0 Å². The highest BCUT2D eigenvalue weighted by atomic mass is 32.2. The fraction of sp³-hybridized carbons (Fsp3) is 0.500. The minimum atomic E-state index is -3.56. The highest BCUT2D eigenvalue weighted by molar-refractivity contribution is 7.89. The van der Waals surface area contributed by atoms with E-state index in [1.807, 2.05) is 31.9 Å². The topological polar surface area (TPSA) is 74.8 Å². The summed E-state index contributed by atoms with van der Waals surface area (Å²) in [5.74, 6) is 0.730. The molecule has 2 aromatic rings. The van der Waals surface area contributed by atoms with Gasteiger partial charge in [-0.25, -0.2) is 18.1 Å². The summed E-state index contributed by atoms with van der Waals surface area (Å²) in [6.45, 7) is 7.88. The van der Waals surface area contributed by atoms with E-state index in [2.05, 4.69) is 32.8 Å². The molecular formula is C22H32N4O3S. The quantitative estimate of drug-likeness (QED) is 0.657. The van der Waals surface area contributed by atoms with Gasteiger partial charge in [-0.15, -0.1) is 0 Å². The molecule has 0 aliphatic carbocycles. The molecule has 0 radical (unpaired) electrons. The van der Waals surface area contributed by atoms with Crippen LogP contribution >= 0.6 is 0 Å². The van der Waals surface area contributed by atoms with Gasteiger partial charge in [0, 0.05) is 44.6 Å². The van der Waals surface area contributed by atoms with Crippen molar-refractivity contribution in [3.05, 3.63) is 48.2 Å². The van der Waals surface area contributed by atoms with E-state index in [9.17, 15) is 8.42 Å². The van der Waals surface area contributed by atoms with Gasteiger partial charge in [0.25, 0.3) is 0 Å². The molecule has 2 heterocycles. The number of rotatable bonds is 9. The van der Waals surface area contributed by atoms with Crippen LogP contribution < -0.4 is 14.5 Å². The van der Waals surface area contributed by atoms with Gasteiger partial charge in [-0.1, -0.05) is 32.0 Å². The summed E-state index contributed by atoms with van der Waals surface area (Å²) in [5, 5.41) is 0. The van der Waals surface area contributed by atoms with Crippen LogP contribution in [-0.2, 0) is 21.3 Å². The monoisotopic (exact) mass is 432 g/mol. The second-order valence-electron chi connectivity index (χ2n) is 7.57. The Morgan fingerprint density at radius 1 is 1.13 bits per heavy atom. The molecule has 1 aliphatic heterocycles. The van der Waals surface area contributed by atoms with E-state index in [-0.39, 0.29) is 10.9 Å². The van der Waals surface area contributed by atoms with Crippen molar-refractivity contribution >= 4 is 21.5 Å². The van der Waals surface area contributed by atoms with Crippen LogP contribution in [0.2, 0.25) is 0 Å². The minimum absolute atomic E-state index is 0.0611. The van der Waals surface area contributed by atoms with Crippen LogP contribution in [0.25, 0.3) is 0 Å². The average Bonchev–Trinajstić information content (AvgIpc) is 2.78. The number of hydrogen-bond acceptors (Lipinski definition) is 6. The largest absolute Gasteiger partial charge is 0.378 e. The number of hydrogen-bond donors (Lipinski definition) is 1. The SMILES string of the molecule is CCC(CC)NS(=O)(=O)c1ccc(N(C)Cc2ccccc2N2CCOCC2)nc1. The molecule has 7 nitrogen and oxygen atoms in total. The molecule has 164 valence electrons. The first-order valence-corrected chi connectivity index (χ1v) is 12.0. The molecule has 0 amide bonds. The Balaban J connectivity index is 1.72. The van der Waals surface area contributed by atoms with Gasteiger partial charge in [0.2, 0.25) is 10.0 Å². The Hall–Kier alpha value is -2.16. The smallest absolute Gasteiger partial charge is 0.242 e. The second-order valence-corrected chi connectivity index (χ2v) is 9.28. The molecular weight excluding hydrogens is 400 g/mol. The number of benzene rings is 1. The molecule has 0 saturated carbocycles. The lowest BCUT2D eigenvalue weighted by molar-refractivity contribution is 0.122. The van der Waals surface area contributed by atoms with Crippen molar-refractivity contribution < 1.29 is 13.2 Å². The third-order valence-electron chi connectivity index (χ3n) is 5.48. The van der Waals surface area contributed by atoms with Crippen LogP contribution in [0, 0.1) is 0 Å². The van der Waals surface area contributed by atoms with Crippen LogP contribution in [0.4, 0.5) is 11.5 Å². The van der Waals surface area contributed by atoms with Crippen molar-refractivity contribution in [2.24, 2.45) is 0 Å². The first-order valence-electron chi connectivity index (χ1n) is 10.5. The van der Waals surface area contributed by atoms with Gasteiger partial charge in [0.15, 0.2) is 0 Å². The van der Waals surface area contributed by atoms with Crippen molar-refractivity contribution in [3.8, 4) is 0 Å². The van der Waals surface area contributed by atoms with Gasteiger partial charge in [-0.3, -0.25) is 0 Å². The molecule has 1 aromatic carbocycles. The van der Waals surface area contributed by atoms with Gasteiger partial charge in [0.1, 0.15) is 10.7 Å². The van der Waals surface area contributed by atoms with Crippen molar-refractivity contribution in [3.63, 3.8) is 0 Å². The zero-order chi connectivity index (χ0) is 21.6. The minimum Gasteiger partial charge on any atom is -0.378 e. The summed E-state index contributed by atoms with van der Waals surface area (Å²) in [6, 6.07) is 11.7. The molecule has 0 atom stereocenters. The fourth-order valence-corrected chi connectivity index (χ4v) is 4.94. The molecule has 1 fully saturated rings. The number of nitrogens with zero attached hydrogens (tertiary/aromatic N) is 3. The van der Waals surface area contributed by atoms with Gasteiger partial charge in [0.05, 0.1) is 13.2 Å². The Bertz CT molecular complexity index is 908. The second kappa shape index (κ2) is 10.2. The van der Waals surface area contributed by atoms with Crippen LogP contribution in [0.3, 0.4) is 0 Å². The normalized spacial score (nSPS) is 14.9. The summed E-state index contributed by atoms with van der Waals surface area (Å²) in [5.41, 5.74) is 2.41. The van der Waals surface area contributed by atoms with Gasteiger partial charge in [-0.2, -0.15) is 0 Å². The van der Waals surface area contributed by atoms with E-state index in [1.165, 1.54) is 17.4 Å². The van der Waals surface area contributed by atoms with Crippen LogP contribution in [0.5, 0.6) is 0 Å². The summed E-state index contributed by atoms with van der Waals surface area (Å²) in [7, 11) is -1.59. The molecule has 0 bridgehead atoms. The van der Waals surface area contributed by atoms with Crippen LogP contribution in [0.1, 0.15) is 32.3 Å². The average molecular weight is 433 g/mol. The van der Waals surface area contributed by atoms with E-state index in [0.717, 1.165) is 45.0 Å². The lowest BCUT2D eigenvalue weighted by Crippen LogP contribution is -2.37. The number of morpholine rings is 1. The standard InChI is InChI=1S/C22H32N4O3S/c1-4-19(5-2)24-30(27,28)20-10-11-22(23-16-20)25(3)17-18-8-6-7-9-21(18)26-12-14-29-15-13-26/h6-11,16,19,24H,4-5,12-15,17H2,1-3H3. The van der Waals surface area contributed by atoms with E-state index >= 15 is 0 Å².